The number of hydrogen-bond donors (Lipinski definition) is 2. The van der Waals surface area contributed by atoms with E-state index < -0.39 is 0 Å². The smallest absolute Gasteiger partial charge is 0.243 e. The van der Waals surface area contributed by atoms with Gasteiger partial charge in [-0.3, -0.25) is 4.79 Å². The van der Waals surface area contributed by atoms with E-state index in [1.54, 1.807) is 26.1 Å². The number of amides is 1. The monoisotopic (exact) mass is 390 g/mol. The number of guanidine groups is 1. The maximum absolute atomic E-state index is 11.9. The Kier molecular flexibility index (Phi) is 8.11. The second-order valence-corrected chi connectivity index (χ2v) is 7.94. The summed E-state index contributed by atoms with van der Waals surface area (Å²) in [7, 11) is 5.14. The summed E-state index contributed by atoms with van der Waals surface area (Å²) in [6.07, 6.45) is 2.34. The molecule has 1 saturated heterocycles. The van der Waals surface area contributed by atoms with Crippen molar-refractivity contribution in [3.8, 4) is 5.75 Å². The molecule has 0 saturated carbocycles. The first-order valence-corrected chi connectivity index (χ1v) is 9.80. The van der Waals surface area contributed by atoms with Crippen LogP contribution < -0.4 is 15.4 Å². The van der Waals surface area contributed by atoms with Crippen LogP contribution in [0.3, 0.4) is 0 Å². The van der Waals surface area contributed by atoms with Gasteiger partial charge < -0.3 is 25.0 Å². The summed E-state index contributed by atoms with van der Waals surface area (Å²) in [4.78, 5) is 17.9. The van der Waals surface area contributed by atoms with Crippen molar-refractivity contribution in [2.75, 3.05) is 47.4 Å². The molecular weight excluding hydrogens is 356 g/mol. The predicted molar refractivity (Wildman–Crippen MR) is 112 cm³/mol. The van der Waals surface area contributed by atoms with Gasteiger partial charge in [-0.2, -0.15) is 0 Å². The molecule has 1 fully saturated rings. The molecule has 7 nitrogen and oxygen atoms in total. The number of hydrogen-bond acceptors (Lipinski definition) is 4. The van der Waals surface area contributed by atoms with Gasteiger partial charge in [0.2, 0.25) is 5.91 Å². The Morgan fingerprint density at radius 1 is 1.36 bits per heavy atom. The SMILES string of the molecule is COc1cccc(C(C)(C)CNC(=NCC(=O)N(C)C)NCC2CCCO2)c1. The molecule has 7 heteroatoms. The number of carbonyl (C=O) groups excluding carboxylic acids is 1. The van der Waals surface area contributed by atoms with Crippen LogP contribution in [0.2, 0.25) is 0 Å². The maximum atomic E-state index is 11.9. The first kappa shape index (κ1) is 22.0. The molecule has 1 amide bonds. The number of likely N-dealkylation sites (N-methyl/N-ethyl adjacent to an activating group) is 1. The zero-order valence-electron chi connectivity index (χ0n) is 17.7. The molecular formula is C21H34N4O3. The summed E-state index contributed by atoms with van der Waals surface area (Å²) < 4.78 is 11.0. The number of nitrogens with one attached hydrogen (secondary N) is 2. The van der Waals surface area contributed by atoms with Crippen molar-refractivity contribution < 1.29 is 14.3 Å². The van der Waals surface area contributed by atoms with Crippen molar-refractivity contribution in [2.45, 2.75) is 38.2 Å². The Bertz CT molecular complexity index is 667. The molecule has 1 aromatic rings. The zero-order chi connectivity index (χ0) is 20.6. The van der Waals surface area contributed by atoms with Crippen molar-refractivity contribution in [3.63, 3.8) is 0 Å². The van der Waals surface area contributed by atoms with Gasteiger partial charge in [0.15, 0.2) is 5.96 Å². The molecule has 1 atom stereocenters. The molecule has 0 bridgehead atoms. The van der Waals surface area contributed by atoms with Gasteiger partial charge in [-0.1, -0.05) is 26.0 Å². The van der Waals surface area contributed by atoms with Crippen LogP contribution in [0.1, 0.15) is 32.3 Å². The van der Waals surface area contributed by atoms with E-state index in [-0.39, 0.29) is 24.0 Å². The van der Waals surface area contributed by atoms with Gasteiger partial charge >= 0.3 is 0 Å². The lowest BCUT2D eigenvalue weighted by Crippen LogP contribution is -2.46. The Morgan fingerprint density at radius 3 is 2.79 bits per heavy atom. The minimum absolute atomic E-state index is 0.0368. The molecule has 1 aliphatic heterocycles. The number of nitrogens with zero attached hydrogens (tertiary/aromatic N) is 2. The molecule has 28 heavy (non-hydrogen) atoms. The highest BCUT2D eigenvalue weighted by atomic mass is 16.5. The van der Waals surface area contributed by atoms with Gasteiger partial charge in [-0.05, 0) is 30.5 Å². The lowest BCUT2D eigenvalue weighted by atomic mass is 9.84. The van der Waals surface area contributed by atoms with Crippen LogP contribution in [-0.2, 0) is 14.9 Å². The van der Waals surface area contributed by atoms with Crippen LogP contribution in [0.15, 0.2) is 29.3 Å². The Morgan fingerprint density at radius 2 is 2.14 bits per heavy atom. The Balaban J connectivity index is 2.02. The fourth-order valence-electron chi connectivity index (χ4n) is 2.93. The van der Waals surface area contributed by atoms with Crippen molar-refractivity contribution in [1.82, 2.24) is 15.5 Å². The van der Waals surface area contributed by atoms with Crippen LogP contribution in [0.5, 0.6) is 5.75 Å². The van der Waals surface area contributed by atoms with Gasteiger partial charge in [0.05, 0.1) is 13.2 Å². The highest BCUT2D eigenvalue weighted by Gasteiger charge is 2.22. The third-order valence-corrected chi connectivity index (χ3v) is 4.94. The normalized spacial score (nSPS) is 17.3. The summed E-state index contributed by atoms with van der Waals surface area (Å²) in [6.45, 7) is 6.59. The summed E-state index contributed by atoms with van der Waals surface area (Å²) >= 11 is 0. The molecule has 0 radical (unpaired) electrons. The second kappa shape index (κ2) is 10.3. The predicted octanol–water partition coefficient (Wildman–Crippen LogP) is 1.78. The fraction of sp³-hybridized carbons (Fsp3) is 0.619. The molecule has 0 spiro atoms. The average molecular weight is 391 g/mol. The number of ether oxygens (including phenoxy) is 2. The molecule has 0 aliphatic carbocycles. The van der Waals surface area contributed by atoms with E-state index in [0.29, 0.717) is 19.0 Å². The van der Waals surface area contributed by atoms with Gasteiger partial charge in [0.1, 0.15) is 12.3 Å². The van der Waals surface area contributed by atoms with E-state index >= 15 is 0 Å². The lowest BCUT2D eigenvalue weighted by molar-refractivity contribution is -0.127. The van der Waals surface area contributed by atoms with Gasteiger partial charge in [-0.15, -0.1) is 0 Å². The number of rotatable bonds is 8. The second-order valence-electron chi connectivity index (χ2n) is 7.94. The molecule has 1 heterocycles. The van der Waals surface area contributed by atoms with Crippen LogP contribution in [0.25, 0.3) is 0 Å². The first-order valence-electron chi connectivity index (χ1n) is 9.80. The molecule has 0 aromatic heterocycles. The molecule has 2 rings (SSSR count). The van der Waals surface area contributed by atoms with Crippen LogP contribution in [-0.4, -0.2) is 70.3 Å². The standard InChI is InChI=1S/C21H34N4O3/c1-21(2,16-8-6-9-17(12-16)27-5)15-24-20(23-14-19(26)25(3)4)22-13-18-10-7-11-28-18/h6,8-9,12,18H,7,10-11,13-15H2,1-5H3,(H2,22,23,24). The largest absolute Gasteiger partial charge is 0.497 e. The van der Waals surface area contributed by atoms with Crippen LogP contribution in [0.4, 0.5) is 0 Å². The number of benzene rings is 1. The van der Waals surface area contributed by atoms with Crippen LogP contribution >= 0.6 is 0 Å². The average Bonchev–Trinajstić information content (AvgIpc) is 3.20. The maximum Gasteiger partial charge on any atom is 0.243 e. The quantitative estimate of drug-likeness (QED) is 0.523. The van der Waals surface area contributed by atoms with Gasteiger partial charge in [0.25, 0.3) is 0 Å². The number of methoxy groups -OCH3 is 1. The topological polar surface area (TPSA) is 75.2 Å². The zero-order valence-corrected chi connectivity index (χ0v) is 17.7. The minimum atomic E-state index is -0.146. The van der Waals surface area contributed by atoms with E-state index in [4.69, 9.17) is 9.47 Å². The van der Waals surface area contributed by atoms with Gasteiger partial charge in [-0.25, -0.2) is 4.99 Å². The van der Waals surface area contributed by atoms with Crippen molar-refractivity contribution in [3.05, 3.63) is 29.8 Å². The third-order valence-electron chi connectivity index (χ3n) is 4.94. The summed E-state index contributed by atoms with van der Waals surface area (Å²) in [6, 6.07) is 8.08. The van der Waals surface area contributed by atoms with E-state index in [1.165, 1.54) is 5.56 Å². The molecule has 1 unspecified atom stereocenters. The Hall–Kier alpha value is -2.28. The highest BCUT2D eigenvalue weighted by molar-refractivity contribution is 5.84. The lowest BCUT2D eigenvalue weighted by Gasteiger charge is -2.27. The van der Waals surface area contributed by atoms with E-state index in [0.717, 1.165) is 25.2 Å². The van der Waals surface area contributed by atoms with E-state index in [2.05, 4.69) is 35.5 Å². The summed E-state index contributed by atoms with van der Waals surface area (Å²) in [5.41, 5.74) is 1.02. The van der Waals surface area contributed by atoms with Crippen molar-refractivity contribution >= 4 is 11.9 Å². The number of carbonyl (C=O) groups is 1. The molecule has 1 aromatic carbocycles. The van der Waals surface area contributed by atoms with E-state index in [9.17, 15) is 4.79 Å². The van der Waals surface area contributed by atoms with E-state index in [1.807, 2.05) is 18.2 Å². The fourth-order valence-corrected chi connectivity index (χ4v) is 2.93. The molecule has 156 valence electrons. The Labute approximate surface area is 168 Å². The third kappa shape index (κ3) is 6.71. The minimum Gasteiger partial charge on any atom is -0.497 e. The molecule has 2 N–H and O–H groups in total. The number of aliphatic imine (C=N–C) groups is 1. The van der Waals surface area contributed by atoms with Crippen LogP contribution in [0, 0.1) is 0 Å². The van der Waals surface area contributed by atoms with Crippen molar-refractivity contribution in [1.29, 1.82) is 0 Å². The highest BCUT2D eigenvalue weighted by Crippen LogP contribution is 2.25. The summed E-state index contributed by atoms with van der Waals surface area (Å²) in [5.74, 6) is 1.43. The molecule has 1 aliphatic rings. The van der Waals surface area contributed by atoms with Gasteiger partial charge in [0, 0.05) is 39.2 Å². The first-order chi connectivity index (χ1) is 13.3. The van der Waals surface area contributed by atoms with Crippen molar-refractivity contribution in [2.24, 2.45) is 4.99 Å². The summed E-state index contributed by atoms with van der Waals surface area (Å²) in [5, 5.41) is 6.71.